The molecule has 4 nitrogen and oxygen atoms in total. The topological polar surface area (TPSA) is 56.5 Å². The summed E-state index contributed by atoms with van der Waals surface area (Å²) in [4.78, 5) is 22.2. The minimum atomic E-state index is -0.786. The van der Waals surface area contributed by atoms with E-state index in [1.54, 1.807) is 6.07 Å². The minimum absolute atomic E-state index is 0.0696. The lowest BCUT2D eigenvalue weighted by molar-refractivity contribution is -0.132. The zero-order valence-electron chi connectivity index (χ0n) is 8.65. The first-order chi connectivity index (χ1) is 7.06. The first kappa shape index (κ1) is 11.2. The molecule has 1 aromatic heterocycles. The molecule has 0 saturated heterocycles. The van der Waals surface area contributed by atoms with E-state index in [9.17, 15) is 9.59 Å². The van der Waals surface area contributed by atoms with Crippen LogP contribution in [-0.2, 0) is 9.53 Å². The average molecular weight is 208 g/mol. The second-order valence-corrected chi connectivity index (χ2v) is 3.27. The third kappa shape index (κ3) is 2.56. The highest BCUT2D eigenvalue weighted by molar-refractivity contribution is 5.99. The van der Waals surface area contributed by atoms with E-state index in [2.05, 4.69) is 11.3 Å². The Bertz CT molecular complexity index is 387. The van der Waals surface area contributed by atoms with Crippen LogP contribution in [0.5, 0.6) is 0 Å². The highest BCUT2D eigenvalue weighted by Gasteiger charge is 2.20. The smallest absolute Gasteiger partial charge is 0.382 e. The van der Waals surface area contributed by atoms with E-state index in [0.29, 0.717) is 0 Å². The molecule has 1 rings (SSSR count). The summed E-state index contributed by atoms with van der Waals surface area (Å²) < 4.78 is 9.42. The zero-order valence-corrected chi connectivity index (χ0v) is 8.65. The lowest BCUT2D eigenvalue weighted by Crippen LogP contribution is -2.11. The van der Waals surface area contributed by atoms with Crippen LogP contribution >= 0.6 is 0 Å². The normalized spacial score (nSPS) is 10.1. The Hall–Kier alpha value is -1.84. The third-order valence-corrected chi connectivity index (χ3v) is 1.86. The molecule has 15 heavy (non-hydrogen) atoms. The standard InChI is InChI=1S/C11H12O4/c1-4-9(12)15-11(13)10-8(7(2)3)5-6-14-10/h4-7H,1H2,2-3H3. The predicted octanol–water partition coefficient (Wildman–Crippen LogP) is 2.27. The molecule has 0 spiro atoms. The summed E-state index contributed by atoms with van der Waals surface area (Å²) in [6, 6.07) is 1.68. The highest BCUT2D eigenvalue weighted by Crippen LogP contribution is 2.21. The fourth-order valence-electron chi connectivity index (χ4n) is 1.12. The van der Waals surface area contributed by atoms with Crippen LogP contribution in [0.25, 0.3) is 0 Å². The molecule has 0 amide bonds. The Kier molecular flexibility index (Phi) is 3.44. The second-order valence-electron chi connectivity index (χ2n) is 3.27. The van der Waals surface area contributed by atoms with Gasteiger partial charge in [-0.3, -0.25) is 0 Å². The summed E-state index contributed by atoms with van der Waals surface area (Å²) >= 11 is 0. The van der Waals surface area contributed by atoms with Gasteiger partial charge in [0.1, 0.15) is 0 Å². The van der Waals surface area contributed by atoms with E-state index in [4.69, 9.17) is 4.42 Å². The van der Waals surface area contributed by atoms with Crippen molar-refractivity contribution in [2.75, 3.05) is 0 Å². The monoisotopic (exact) mass is 208 g/mol. The van der Waals surface area contributed by atoms with Gasteiger partial charge >= 0.3 is 11.9 Å². The molecule has 4 heteroatoms. The lowest BCUT2D eigenvalue weighted by atomic mass is 10.0. The first-order valence-corrected chi connectivity index (χ1v) is 4.52. The summed E-state index contributed by atoms with van der Waals surface area (Å²) in [7, 11) is 0. The van der Waals surface area contributed by atoms with Gasteiger partial charge in [-0.15, -0.1) is 0 Å². The van der Waals surface area contributed by atoms with Crippen LogP contribution in [0.2, 0.25) is 0 Å². The number of hydrogen-bond donors (Lipinski definition) is 0. The van der Waals surface area contributed by atoms with Crippen molar-refractivity contribution in [1.82, 2.24) is 0 Å². The van der Waals surface area contributed by atoms with Crippen molar-refractivity contribution < 1.29 is 18.7 Å². The number of hydrogen-bond acceptors (Lipinski definition) is 4. The molecular weight excluding hydrogens is 196 g/mol. The molecule has 0 N–H and O–H groups in total. The van der Waals surface area contributed by atoms with E-state index in [-0.39, 0.29) is 11.7 Å². The molecule has 80 valence electrons. The fourth-order valence-corrected chi connectivity index (χ4v) is 1.12. The molecule has 0 fully saturated rings. The van der Waals surface area contributed by atoms with Crippen molar-refractivity contribution in [1.29, 1.82) is 0 Å². The maximum atomic E-state index is 11.4. The summed E-state index contributed by atoms with van der Waals surface area (Å²) in [5, 5.41) is 0. The Labute approximate surface area is 87.5 Å². The van der Waals surface area contributed by atoms with Crippen LogP contribution in [0.4, 0.5) is 0 Å². The summed E-state index contributed by atoms with van der Waals surface area (Å²) in [6.07, 6.45) is 2.32. The maximum absolute atomic E-state index is 11.4. The van der Waals surface area contributed by atoms with E-state index in [0.717, 1.165) is 11.6 Å². The molecule has 0 unspecified atom stereocenters. The SMILES string of the molecule is C=CC(=O)OC(=O)c1occc1C(C)C. The summed E-state index contributed by atoms with van der Waals surface area (Å²) in [5.74, 6) is -1.37. The number of furan rings is 1. The van der Waals surface area contributed by atoms with Crippen molar-refractivity contribution in [3.05, 3.63) is 36.3 Å². The molecule has 0 aliphatic rings. The molecular formula is C11H12O4. The number of ether oxygens (including phenoxy) is 1. The van der Waals surface area contributed by atoms with Gasteiger partial charge in [-0.25, -0.2) is 9.59 Å². The molecule has 0 atom stereocenters. The molecule has 0 aliphatic carbocycles. The Morgan fingerprint density at radius 3 is 2.73 bits per heavy atom. The van der Waals surface area contributed by atoms with Crippen LogP contribution in [-0.4, -0.2) is 11.9 Å². The molecule has 0 bridgehead atoms. The number of esters is 2. The number of carbonyl (C=O) groups excluding carboxylic acids is 2. The van der Waals surface area contributed by atoms with E-state index in [1.807, 2.05) is 13.8 Å². The van der Waals surface area contributed by atoms with Crippen molar-refractivity contribution in [2.24, 2.45) is 0 Å². The van der Waals surface area contributed by atoms with Crippen molar-refractivity contribution in [3.8, 4) is 0 Å². The minimum Gasteiger partial charge on any atom is -0.457 e. The largest absolute Gasteiger partial charge is 0.457 e. The first-order valence-electron chi connectivity index (χ1n) is 4.52. The Morgan fingerprint density at radius 2 is 2.20 bits per heavy atom. The van der Waals surface area contributed by atoms with Gasteiger partial charge in [0.15, 0.2) is 0 Å². The van der Waals surface area contributed by atoms with Crippen molar-refractivity contribution in [3.63, 3.8) is 0 Å². The zero-order chi connectivity index (χ0) is 11.4. The van der Waals surface area contributed by atoms with Gasteiger partial charge in [-0.2, -0.15) is 0 Å². The van der Waals surface area contributed by atoms with Gasteiger partial charge in [-0.05, 0) is 12.0 Å². The second kappa shape index (κ2) is 4.59. The number of rotatable bonds is 3. The predicted molar refractivity (Wildman–Crippen MR) is 53.4 cm³/mol. The fraction of sp³-hybridized carbons (Fsp3) is 0.273. The van der Waals surface area contributed by atoms with Gasteiger partial charge in [0.25, 0.3) is 0 Å². The quantitative estimate of drug-likeness (QED) is 0.434. The van der Waals surface area contributed by atoms with Crippen LogP contribution in [0, 0.1) is 0 Å². The van der Waals surface area contributed by atoms with Gasteiger partial charge in [0.2, 0.25) is 5.76 Å². The van der Waals surface area contributed by atoms with Crippen molar-refractivity contribution in [2.45, 2.75) is 19.8 Å². The molecule has 1 aromatic rings. The molecule has 1 heterocycles. The van der Waals surface area contributed by atoms with Crippen molar-refractivity contribution >= 4 is 11.9 Å². The number of carbonyl (C=O) groups is 2. The third-order valence-electron chi connectivity index (χ3n) is 1.86. The molecule has 0 radical (unpaired) electrons. The summed E-state index contributed by atoms with van der Waals surface area (Å²) in [5.41, 5.74) is 0.719. The van der Waals surface area contributed by atoms with E-state index in [1.165, 1.54) is 6.26 Å². The van der Waals surface area contributed by atoms with Crippen LogP contribution in [0.1, 0.15) is 35.9 Å². The van der Waals surface area contributed by atoms with Gasteiger partial charge in [0.05, 0.1) is 6.26 Å². The van der Waals surface area contributed by atoms with Crippen LogP contribution < -0.4 is 0 Å². The Balaban J connectivity index is 2.86. The van der Waals surface area contributed by atoms with Gasteiger partial charge in [-0.1, -0.05) is 20.4 Å². The van der Waals surface area contributed by atoms with Crippen LogP contribution in [0.3, 0.4) is 0 Å². The molecule has 0 saturated carbocycles. The summed E-state index contributed by atoms with van der Waals surface area (Å²) in [6.45, 7) is 7.02. The maximum Gasteiger partial charge on any atom is 0.382 e. The van der Waals surface area contributed by atoms with Gasteiger partial charge < -0.3 is 9.15 Å². The molecule has 0 aromatic carbocycles. The molecule has 0 aliphatic heterocycles. The highest BCUT2D eigenvalue weighted by atomic mass is 16.6. The van der Waals surface area contributed by atoms with E-state index >= 15 is 0 Å². The van der Waals surface area contributed by atoms with E-state index < -0.39 is 11.9 Å². The van der Waals surface area contributed by atoms with Gasteiger partial charge in [0, 0.05) is 11.6 Å². The lowest BCUT2D eigenvalue weighted by Gasteiger charge is -2.03. The van der Waals surface area contributed by atoms with Crippen LogP contribution in [0.15, 0.2) is 29.4 Å². The average Bonchev–Trinajstić information content (AvgIpc) is 2.65. The Morgan fingerprint density at radius 1 is 1.53 bits per heavy atom.